The van der Waals surface area contributed by atoms with Gasteiger partial charge in [0.05, 0.1) is 12.8 Å². The van der Waals surface area contributed by atoms with Crippen molar-refractivity contribution < 1.29 is 22.3 Å². The van der Waals surface area contributed by atoms with Gasteiger partial charge in [0.1, 0.15) is 11.5 Å². The van der Waals surface area contributed by atoms with Gasteiger partial charge in [0.25, 0.3) is 0 Å². The van der Waals surface area contributed by atoms with Crippen LogP contribution in [0.3, 0.4) is 0 Å². The van der Waals surface area contributed by atoms with Crippen molar-refractivity contribution in [2.75, 3.05) is 7.05 Å². The van der Waals surface area contributed by atoms with Gasteiger partial charge < -0.3 is 14.5 Å². The standard InChI is InChI=1S/C13H12F3NO2/c1-17-8-12-11(5-6-18-12)9-3-2-4-10(7-9)19-13(14,15)16/h2-7,17H,8H2,1H3. The molecule has 0 atom stereocenters. The molecule has 0 fully saturated rings. The predicted octanol–water partition coefficient (Wildman–Crippen LogP) is 3.56. The predicted molar refractivity (Wildman–Crippen MR) is 63.6 cm³/mol. The Balaban J connectivity index is 2.30. The van der Waals surface area contributed by atoms with Crippen molar-refractivity contribution in [1.82, 2.24) is 5.32 Å². The lowest BCUT2D eigenvalue weighted by Gasteiger charge is -2.10. The number of halogens is 3. The van der Waals surface area contributed by atoms with Crippen molar-refractivity contribution in [1.29, 1.82) is 0 Å². The van der Waals surface area contributed by atoms with Gasteiger partial charge in [-0.15, -0.1) is 13.2 Å². The van der Waals surface area contributed by atoms with E-state index in [4.69, 9.17) is 4.42 Å². The first-order valence-electron chi connectivity index (χ1n) is 5.57. The molecule has 0 saturated carbocycles. The summed E-state index contributed by atoms with van der Waals surface area (Å²) in [5.74, 6) is 0.410. The zero-order valence-corrected chi connectivity index (χ0v) is 10.1. The molecule has 0 saturated heterocycles. The molecule has 2 rings (SSSR count). The van der Waals surface area contributed by atoms with Crippen LogP contribution in [0.25, 0.3) is 11.1 Å². The minimum atomic E-state index is -4.69. The normalized spacial score (nSPS) is 11.6. The zero-order valence-electron chi connectivity index (χ0n) is 10.1. The molecule has 3 nitrogen and oxygen atoms in total. The summed E-state index contributed by atoms with van der Waals surface area (Å²) in [5, 5.41) is 2.93. The Hall–Kier alpha value is -1.95. The Labute approximate surface area is 108 Å². The van der Waals surface area contributed by atoms with E-state index in [1.54, 1.807) is 19.2 Å². The van der Waals surface area contributed by atoms with E-state index < -0.39 is 6.36 Å². The molecule has 1 heterocycles. The van der Waals surface area contributed by atoms with Crippen molar-refractivity contribution >= 4 is 0 Å². The Bertz CT molecular complexity index is 549. The molecule has 0 unspecified atom stereocenters. The van der Waals surface area contributed by atoms with E-state index in [0.29, 0.717) is 17.9 Å². The van der Waals surface area contributed by atoms with Gasteiger partial charge in [-0.25, -0.2) is 0 Å². The van der Waals surface area contributed by atoms with E-state index in [0.717, 1.165) is 5.56 Å². The van der Waals surface area contributed by atoms with Crippen LogP contribution in [0, 0.1) is 0 Å². The second kappa shape index (κ2) is 5.36. The lowest BCUT2D eigenvalue weighted by atomic mass is 10.1. The highest BCUT2D eigenvalue weighted by atomic mass is 19.4. The fourth-order valence-corrected chi connectivity index (χ4v) is 1.76. The van der Waals surface area contributed by atoms with E-state index in [1.807, 2.05) is 0 Å². The van der Waals surface area contributed by atoms with Gasteiger partial charge in [-0.3, -0.25) is 0 Å². The molecule has 0 radical (unpaired) electrons. The molecule has 1 aromatic carbocycles. The van der Waals surface area contributed by atoms with Gasteiger partial charge in [0.2, 0.25) is 0 Å². The van der Waals surface area contributed by atoms with Crippen molar-refractivity contribution in [3.8, 4) is 16.9 Å². The number of hydrogen-bond donors (Lipinski definition) is 1. The Morgan fingerprint density at radius 1 is 1.26 bits per heavy atom. The van der Waals surface area contributed by atoms with Crippen LogP contribution < -0.4 is 10.1 Å². The van der Waals surface area contributed by atoms with Crippen LogP contribution in [-0.4, -0.2) is 13.4 Å². The number of hydrogen-bond acceptors (Lipinski definition) is 3. The fraction of sp³-hybridized carbons (Fsp3) is 0.231. The largest absolute Gasteiger partial charge is 0.573 e. The summed E-state index contributed by atoms with van der Waals surface area (Å²) >= 11 is 0. The molecule has 0 amide bonds. The molecule has 6 heteroatoms. The van der Waals surface area contributed by atoms with Crippen LogP contribution in [0.4, 0.5) is 13.2 Å². The average molecular weight is 271 g/mol. The maximum atomic E-state index is 12.2. The Morgan fingerprint density at radius 3 is 2.74 bits per heavy atom. The van der Waals surface area contributed by atoms with E-state index in [-0.39, 0.29) is 5.75 Å². The van der Waals surface area contributed by atoms with Crippen molar-refractivity contribution in [3.05, 3.63) is 42.4 Å². The summed E-state index contributed by atoms with van der Waals surface area (Å²) in [6.07, 6.45) is -3.19. The van der Waals surface area contributed by atoms with Crippen molar-refractivity contribution in [2.45, 2.75) is 12.9 Å². The van der Waals surface area contributed by atoms with Gasteiger partial charge in [-0.2, -0.15) is 0 Å². The molecule has 102 valence electrons. The van der Waals surface area contributed by atoms with E-state index in [2.05, 4.69) is 10.1 Å². The zero-order chi connectivity index (χ0) is 13.9. The summed E-state index contributed by atoms with van der Waals surface area (Å²) in [6.45, 7) is 0.493. The molecule has 1 N–H and O–H groups in total. The van der Waals surface area contributed by atoms with E-state index in [1.165, 1.54) is 24.5 Å². The van der Waals surface area contributed by atoms with E-state index in [9.17, 15) is 13.2 Å². The monoisotopic (exact) mass is 271 g/mol. The number of ether oxygens (including phenoxy) is 1. The smallest absolute Gasteiger partial charge is 0.467 e. The summed E-state index contributed by atoms with van der Waals surface area (Å²) in [7, 11) is 1.76. The lowest BCUT2D eigenvalue weighted by molar-refractivity contribution is -0.274. The lowest BCUT2D eigenvalue weighted by Crippen LogP contribution is -2.17. The molecule has 0 aliphatic carbocycles. The SMILES string of the molecule is CNCc1occc1-c1cccc(OC(F)(F)F)c1. The van der Waals surface area contributed by atoms with Crippen LogP contribution in [0.5, 0.6) is 5.75 Å². The number of rotatable bonds is 4. The maximum absolute atomic E-state index is 12.2. The van der Waals surface area contributed by atoms with Crippen molar-refractivity contribution in [3.63, 3.8) is 0 Å². The minimum Gasteiger partial charge on any atom is -0.467 e. The molecule has 19 heavy (non-hydrogen) atoms. The van der Waals surface area contributed by atoms with Gasteiger partial charge in [0.15, 0.2) is 0 Å². The van der Waals surface area contributed by atoms with Gasteiger partial charge in [0, 0.05) is 5.56 Å². The molecular formula is C13H12F3NO2. The first-order chi connectivity index (χ1) is 8.99. The number of nitrogens with one attached hydrogen (secondary N) is 1. The third-order valence-corrected chi connectivity index (χ3v) is 2.46. The van der Waals surface area contributed by atoms with Crippen LogP contribution in [-0.2, 0) is 6.54 Å². The van der Waals surface area contributed by atoms with Crippen LogP contribution in [0.15, 0.2) is 41.0 Å². The number of alkyl halides is 3. The average Bonchev–Trinajstić information content (AvgIpc) is 2.76. The summed E-state index contributed by atoms with van der Waals surface area (Å²) in [4.78, 5) is 0. The minimum absolute atomic E-state index is 0.249. The third-order valence-electron chi connectivity index (χ3n) is 2.46. The summed E-state index contributed by atoms with van der Waals surface area (Å²) in [5.41, 5.74) is 1.35. The van der Waals surface area contributed by atoms with E-state index >= 15 is 0 Å². The van der Waals surface area contributed by atoms with Gasteiger partial charge in [-0.05, 0) is 30.8 Å². The quantitative estimate of drug-likeness (QED) is 0.923. The fourth-order valence-electron chi connectivity index (χ4n) is 1.76. The second-order valence-corrected chi connectivity index (χ2v) is 3.86. The number of benzene rings is 1. The summed E-state index contributed by atoms with van der Waals surface area (Å²) < 4.78 is 45.7. The molecule has 0 spiro atoms. The first kappa shape index (κ1) is 13.5. The molecule has 1 aromatic heterocycles. The van der Waals surface area contributed by atoms with Crippen molar-refractivity contribution in [2.24, 2.45) is 0 Å². The topological polar surface area (TPSA) is 34.4 Å². The van der Waals surface area contributed by atoms with Crippen LogP contribution in [0.1, 0.15) is 5.76 Å². The highest BCUT2D eigenvalue weighted by Crippen LogP contribution is 2.30. The third kappa shape index (κ3) is 3.51. The Morgan fingerprint density at radius 2 is 2.05 bits per heavy atom. The van der Waals surface area contributed by atoms with Gasteiger partial charge in [-0.1, -0.05) is 12.1 Å². The highest BCUT2D eigenvalue weighted by molar-refractivity contribution is 5.66. The highest BCUT2D eigenvalue weighted by Gasteiger charge is 2.31. The molecule has 0 aliphatic rings. The maximum Gasteiger partial charge on any atom is 0.573 e. The number of furan rings is 1. The molecular weight excluding hydrogens is 259 g/mol. The summed E-state index contributed by atoms with van der Waals surface area (Å²) in [6, 6.07) is 7.51. The van der Waals surface area contributed by atoms with Crippen LogP contribution in [0.2, 0.25) is 0 Å². The van der Waals surface area contributed by atoms with Gasteiger partial charge >= 0.3 is 6.36 Å². The molecule has 0 aliphatic heterocycles. The first-order valence-corrected chi connectivity index (χ1v) is 5.57. The van der Waals surface area contributed by atoms with Crippen LogP contribution >= 0.6 is 0 Å². The second-order valence-electron chi connectivity index (χ2n) is 3.86. The molecule has 2 aromatic rings. The Kier molecular flexibility index (Phi) is 3.80. The molecule has 0 bridgehead atoms.